The van der Waals surface area contributed by atoms with Gasteiger partial charge in [0.15, 0.2) is 5.82 Å². The van der Waals surface area contributed by atoms with Gasteiger partial charge in [0.05, 0.1) is 4.88 Å². The molecule has 0 aliphatic rings. The Morgan fingerprint density at radius 3 is 2.30 bits per heavy atom. The van der Waals surface area contributed by atoms with E-state index in [1.54, 1.807) is 0 Å². The molecule has 2 nitrogen and oxygen atoms in total. The van der Waals surface area contributed by atoms with Gasteiger partial charge in [-0.3, -0.25) is 0 Å². The smallest absolute Gasteiger partial charge is 0.169 e. The number of thiophene rings is 2. The third-order valence-corrected chi connectivity index (χ3v) is 6.47. The molecule has 3 rings (SSSR count). The second-order valence-electron chi connectivity index (χ2n) is 5.98. The van der Waals surface area contributed by atoms with Gasteiger partial charge in [-0.25, -0.2) is 9.97 Å². The van der Waals surface area contributed by atoms with Crippen LogP contribution in [-0.4, -0.2) is 9.97 Å². The van der Waals surface area contributed by atoms with Gasteiger partial charge in [-0.15, -0.1) is 22.7 Å². The Labute approximate surface area is 146 Å². The van der Waals surface area contributed by atoms with Crippen LogP contribution in [0.3, 0.4) is 0 Å². The maximum Gasteiger partial charge on any atom is 0.169 e. The third-order valence-electron chi connectivity index (χ3n) is 4.12. The van der Waals surface area contributed by atoms with Crippen LogP contribution >= 0.6 is 22.7 Å². The minimum absolute atomic E-state index is 0.858. The van der Waals surface area contributed by atoms with Gasteiger partial charge in [0.25, 0.3) is 0 Å². The lowest BCUT2D eigenvalue weighted by molar-refractivity contribution is 0.634. The fourth-order valence-corrected chi connectivity index (χ4v) is 5.10. The summed E-state index contributed by atoms with van der Waals surface area (Å²) in [5.74, 6) is 0.858. The van der Waals surface area contributed by atoms with E-state index in [0.29, 0.717) is 0 Å². The molecule has 122 valence electrons. The first kappa shape index (κ1) is 16.6. The van der Waals surface area contributed by atoms with Gasteiger partial charge in [-0.1, -0.05) is 39.5 Å². The number of aromatic nitrogens is 2. The molecule has 0 atom stereocenters. The standard InChI is InChI=1S/C19H24N2S2/c1-3-5-6-7-8-9-15-10-16-17(22-15)11-18(23-16)19-20-12-14(4-2)13-21-19/h10-13H,3-9H2,1-2H3. The van der Waals surface area contributed by atoms with E-state index < -0.39 is 0 Å². The Kier molecular flexibility index (Phi) is 5.79. The molecule has 0 aromatic carbocycles. The average Bonchev–Trinajstić information content (AvgIpc) is 3.13. The molecule has 0 radical (unpaired) electrons. The zero-order chi connectivity index (χ0) is 16.1. The molecule has 4 heteroatoms. The number of fused-ring (bicyclic) bond motifs is 1. The minimum Gasteiger partial charge on any atom is -0.236 e. The van der Waals surface area contributed by atoms with Gasteiger partial charge >= 0.3 is 0 Å². The van der Waals surface area contributed by atoms with Crippen molar-refractivity contribution in [3.63, 3.8) is 0 Å². The molecule has 0 saturated heterocycles. The molecule has 3 aromatic heterocycles. The zero-order valence-electron chi connectivity index (χ0n) is 14.0. The molecule has 0 saturated carbocycles. The lowest BCUT2D eigenvalue weighted by atomic mass is 10.1. The number of nitrogens with zero attached hydrogens (tertiary/aromatic N) is 2. The van der Waals surface area contributed by atoms with Gasteiger partial charge < -0.3 is 0 Å². The lowest BCUT2D eigenvalue weighted by Crippen LogP contribution is -1.89. The van der Waals surface area contributed by atoms with E-state index in [0.717, 1.165) is 12.2 Å². The van der Waals surface area contributed by atoms with Crippen LogP contribution in [-0.2, 0) is 12.8 Å². The summed E-state index contributed by atoms with van der Waals surface area (Å²) in [6.07, 6.45) is 12.9. The van der Waals surface area contributed by atoms with Gasteiger partial charge in [-0.2, -0.15) is 0 Å². The molecule has 0 amide bonds. The van der Waals surface area contributed by atoms with Crippen LogP contribution in [0, 0.1) is 0 Å². The molecule has 23 heavy (non-hydrogen) atoms. The molecule has 3 heterocycles. The van der Waals surface area contributed by atoms with E-state index in [4.69, 9.17) is 0 Å². The third kappa shape index (κ3) is 4.18. The Morgan fingerprint density at radius 2 is 1.61 bits per heavy atom. The largest absolute Gasteiger partial charge is 0.236 e. The minimum atomic E-state index is 0.858. The van der Waals surface area contributed by atoms with Crippen LogP contribution in [0.1, 0.15) is 56.4 Å². The summed E-state index contributed by atoms with van der Waals surface area (Å²) in [6, 6.07) is 4.63. The van der Waals surface area contributed by atoms with Crippen molar-refractivity contribution in [2.75, 3.05) is 0 Å². The van der Waals surface area contributed by atoms with Gasteiger partial charge in [0.2, 0.25) is 0 Å². The Balaban J connectivity index is 1.65. The van der Waals surface area contributed by atoms with Crippen LogP contribution < -0.4 is 0 Å². The highest BCUT2D eigenvalue weighted by atomic mass is 32.1. The monoisotopic (exact) mass is 344 g/mol. The molecule has 0 aliphatic heterocycles. The zero-order valence-corrected chi connectivity index (χ0v) is 15.6. The highest BCUT2D eigenvalue weighted by Gasteiger charge is 2.10. The summed E-state index contributed by atoms with van der Waals surface area (Å²) >= 11 is 3.76. The maximum atomic E-state index is 4.50. The highest BCUT2D eigenvalue weighted by molar-refractivity contribution is 7.29. The second-order valence-corrected chi connectivity index (χ2v) is 8.24. The molecule has 0 unspecified atom stereocenters. The molecule has 3 aromatic rings. The average molecular weight is 345 g/mol. The summed E-state index contributed by atoms with van der Waals surface area (Å²) in [5.41, 5.74) is 1.19. The fourth-order valence-electron chi connectivity index (χ4n) is 2.69. The number of hydrogen-bond acceptors (Lipinski definition) is 4. The van der Waals surface area contributed by atoms with Crippen LogP contribution in [0.5, 0.6) is 0 Å². The van der Waals surface area contributed by atoms with Crippen molar-refractivity contribution in [2.45, 2.75) is 58.8 Å². The first-order valence-electron chi connectivity index (χ1n) is 8.63. The van der Waals surface area contributed by atoms with E-state index in [1.807, 2.05) is 35.1 Å². The second kappa shape index (κ2) is 8.02. The van der Waals surface area contributed by atoms with Crippen molar-refractivity contribution in [2.24, 2.45) is 0 Å². The first-order chi connectivity index (χ1) is 11.3. The Morgan fingerprint density at radius 1 is 0.870 bits per heavy atom. The van der Waals surface area contributed by atoms with Crippen molar-refractivity contribution in [1.29, 1.82) is 0 Å². The van der Waals surface area contributed by atoms with Gasteiger partial charge in [0, 0.05) is 26.7 Å². The number of hydrogen-bond donors (Lipinski definition) is 0. The SMILES string of the molecule is CCCCCCCc1cc2sc(-c3ncc(CC)cn3)cc2s1. The van der Waals surface area contributed by atoms with E-state index >= 15 is 0 Å². The van der Waals surface area contributed by atoms with Gasteiger partial charge in [-0.05, 0) is 37.0 Å². The normalized spacial score (nSPS) is 11.4. The van der Waals surface area contributed by atoms with Crippen LogP contribution in [0.25, 0.3) is 20.1 Å². The van der Waals surface area contributed by atoms with Crippen LogP contribution in [0.2, 0.25) is 0 Å². The molecule has 0 spiro atoms. The highest BCUT2D eigenvalue weighted by Crippen LogP contribution is 2.37. The molecule has 0 fully saturated rings. The van der Waals surface area contributed by atoms with E-state index in [2.05, 4.69) is 35.9 Å². The topological polar surface area (TPSA) is 25.8 Å². The molecule has 0 bridgehead atoms. The van der Waals surface area contributed by atoms with E-state index in [-0.39, 0.29) is 0 Å². The number of rotatable bonds is 8. The summed E-state index contributed by atoms with van der Waals surface area (Å²) in [5, 5.41) is 0. The summed E-state index contributed by atoms with van der Waals surface area (Å²) in [4.78, 5) is 11.7. The van der Waals surface area contributed by atoms with Crippen molar-refractivity contribution >= 4 is 32.1 Å². The van der Waals surface area contributed by atoms with E-state index in [9.17, 15) is 0 Å². The molecular weight excluding hydrogens is 320 g/mol. The van der Waals surface area contributed by atoms with Gasteiger partial charge in [0.1, 0.15) is 0 Å². The summed E-state index contributed by atoms with van der Waals surface area (Å²) in [6.45, 7) is 4.40. The van der Waals surface area contributed by atoms with Crippen LogP contribution in [0.4, 0.5) is 0 Å². The fraction of sp³-hybridized carbons (Fsp3) is 0.474. The molecular formula is C19H24N2S2. The molecule has 0 aliphatic carbocycles. The van der Waals surface area contributed by atoms with Crippen LogP contribution in [0.15, 0.2) is 24.5 Å². The summed E-state index contributed by atoms with van der Waals surface area (Å²) in [7, 11) is 0. The number of aryl methyl sites for hydroxylation is 2. The van der Waals surface area contributed by atoms with E-state index in [1.165, 1.54) is 63.2 Å². The Bertz CT molecular complexity index is 709. The van der Waals surface area contributed by atoms with Crippen molar-refractivity contribution in [3.05, 3.63) is 35.0 Å². The summed E-state index contributed by atoms with van der Waals surface area (Å²) < 4.78 is 2.77. The first-order valence-corrected chi connectivity index (χ1v) is 10.3. The van der Waals surface area contributed by atoms with Crippen molar-refractivity contribution in [1.82, 2.24) is 9.97 Å². The Hall–Kier alpha value is -1.26. The predicted molar refractivity (Wildman–Crippen MR) is 103 cm³/mol. The van der Waals surface area contributed by atoms with Crippen molar-refractivity contribution in [3.8, 4) is 10.7 Å². The maximum absolute atomic E-state index is 4.50. The predicted octanol–water partition coefficient (Wildman–Crippen LogP) is 6.50. The molecule has 0 N–H and O–H groups in total. The van der Waals surface area contributed by atoms with Crippen molar-refractivity contribution < 1.29 is 0 Å². The quantitative estimate of drug-likeness (QED) is 0.436. The lowest BCUT2D eigenvalue weighted by Gasteiger charge is -1.98. The number of unbranched alkanes of at least 4 members (excludes halogenated alkanes) is 4.